The number of hydrogen-bond acceptors (Lipinski definition) is 4. The van der Waals surface area contributed by atoms with Gasteiger partial charge in [0.25, 0.3) is 5.56 Å². The number of aryl methyl sites for hydroxylation is 3. The lowest BCUT2D eigenvalue weighted by Crippen LogP contribution is -2.25. The minimum atomic E-state index is -4.74. The van der Waals surface area contributed by atoms with E-state index < -0.39 is 6.36 Å². The molecule has 0 amide bonds. The number of ether oxygens (including phenoxy) is 1. The van der Waals surface area contributed by atoms with E-state index in [9.17, 15) is 18.0 Å². The Hall–Kier alpha value is -3.62. The van der Waals surface area contributed by atoms with Gasteiger partial charge in [0.15, 0.2) is 0 Å². The molecular formula is C21H17F3N4O2. The van der Waals surface area contributed by atoms with Gasteiger partial charge in [0.1, 0.15) is 5.75 Å². The van der Waals surface area contributed by atoms with E-state index in [0.29, 0.717) is 35.0 Å². The van der Waals surface area contributed by atoms with Gasteiger partial charge >= 0.3 is 6.36 Å². The van der Waals surface area contributed by atoms with E-state index in [-0.39, 0.29) is 11.3 Å². The van der Waals surface area contributed by atoms with E-state index >= 15 is 0 Å². The Morgan fingerprint density at radius 1 is 0.933 bits per heavy atom. The Morgan fingerprint density at radius 3 is 2.30 bits per heavy atom. The summed E-state index contributed by atoms with van der Waals surface area (Å²) >= 11 is 0. The van der Waals surface area contributed by atoms with E-state index in [4.69, 9.17) is 0 Å². The van der Waals surface area contributed by atoms with Crippen molar-refractivity contribution in [3.63, 3.8) is 0 Å². The summed E-state index contributed by atoms with van der Waals surface area (Å²) in [6.07, 6.45) is -1.42. The van der Waals surface area contributed by atoms with Gasteiger partial charge < -0.3 is 4.74 Å². The quantitative estimate of drug-likeness (QED) is 0.492. The third-order valence-electron chi connectivity index (χ3n) is 4.73. The predicted molar refractivity (Wildman–Crippen MR) is 105 cm³/mol. The van der Waals surface area contributed by atoms with Crippen LogP contribution >= 0.6 is 0 Å². The Kier molecular flexibility index (Phi) is 5.03. The minimum Gasteiger partial charge on any atom is -0.406 e. The summed E-state index contributed by atoms with van der Waals surface area (Å²) in [5.74, 6) is -0.299. The first-order chi connectivity index (χ1) is 14.3. The molecule has 0 bridgehead atoms. The zero-order valence-corrected chi connectivity index (χ0v) is 15.9. The highest BCUT2D eigenvalue weighted by Gasteiger charge is 2.30. The first-order valence-corrected chi connectivity index (χ1v) is 9.15. The first kappa shape index (κ1) is 19.7. The van der Waals surface area contributed by atoms with Crippen LogP contribution in [0.2, 0.25) is 0 Å². The van der Waals surface area contributed by atoms with Crippen LogP contribution in [0.4, 0.5) is 13.2 Å². The lowest BCUT2D eigenvalue weighted by atomic mass is 10.0. The molecule has 0 saturated carbocycles. The summed E-state index contributed by atoms with van der Waals surface area (Å²) in [6.45, 7) is 2.81. The molecule has 9 heteroatoms. The molecule has 2 aromatic heterocycles. The maximum atomic E-state index is 12.9. The second-order valence-corrected chi connectivity index (χ2v) is 6.74. The minimum absolute atomic E-state index is 0.240. The summed E-state index contributed by atoms with van der Waals surface area (Å²) in [6, 6.07) is 12.7. The van der Waals surface area contributed by atoms with E-state index in [1.54, 1.807) is 35.3 Å². The van der Waals surface area contributed by atoms with Gasteiger partial charge in [-0.15, -0.1) is 13.2 Å². The molecule has 0 fully saturated rings. The molecule has 0 aliphatic rings. The van der Waals surface area contributed by atoms with Gasteiger partial charge in [-0.2, -0.15) is 10.2 Å². The molecule has 4 aromatic rings. The molecule has 0 aliphatic heterocycles. The highest BCUT2D eigenvalue weighted by atomic mass is 19.4. The molecule has 2 heterocycles. The van der Waals surface area contributed by atoms with Gasteiger partial charge in [-0.3, -0.25) is 9.48 Å². The van der Waals surface area contributed by atoms with Crippen LogP contribution in [0.25, 0.3) is 21.9 Å². The van der Waals surface area contributed by atoms with Crippen molar-refractivity contribution in [3.8, 4) is 16.9 Å². The first-order valence-electron chi connectivity index (χ1n) is 9.15. The maximum Gasteiger partial charge on any atom is 0.573 e. The number of alkyl halides is 3. The largest absolute Gasteiger partial charge is 0.573 e. The average molecular weight is 414 g/mol. The van der Waals surface area contributed by atoms with Gasteiger partial charge in [-0.25, -0.2) is 4.68 Å². The van der Waals surface area contributed by atoms with Crippen molar-refractivity contribution in [3.05, 3.63) is 77.0 Å². The number of halogens is 3. The fourth-order valence-corrected chi connectivity index (χ4v) is 3.19. The zero-order chi connectivity index (χ0) is 21.3. The van der Waals surface area contributed by atoms with E-state index in [0.717, 1.165) is 5.69 Å². The van der Waals surface area contributed by atoms with Crippen LogP contribution in [0.3, 0.4) is 0 Å². The molecule has 30 heavy (non-hydrogen) atoms. The van der Waals surface area contributed by atoms with Crippen LogP contribution in [-0.2, 0) is 13.1 Å². The standard InChI is InChI=1S/C21H17F3N4O2/c1-14-8-9-25-27(14)10-11-28-20(29)19-12-16(2-3-17(19)13-26-28)15-4-6-18(7-5-15)30-21(22,23)24/h2-9,12-13H,10-11H2,1H3. The zero-order valence-electron chi connectivity index (χ0n) is 15.9. The van der Waals surface area contributed by atoms with Crippen molar-refractivity contribution in [2.24, 2.45) is 0 Å². The third-order valence-corrected chi connectivity index (χ3v) is 4.73. The topological polar surface area (TPSA) is 61.9 Å². The Balaban J connectivity index is 1.62. The number of nitrogens with zero attached hydrogens (tertiary/aromatic N) is 4. The van der Waals surface area contributed by atoms with Crippen molar-refractivity contribution in [1.29, 1.82) is 0 Å². The van der Waals surface area contributed by atoms with Crippen molar-refractivity contribution in [1.82, 2.24) is 19.6 Å². The van der Waals surface area contributed by atoms with Crippen molar-refractivity contribution < 1.29 is 17.9 Å². The lowest BCUT2D eigenvalue weighted by molar-refractivity contribution is -0.274. The summed E-state index contributed by atoms with van der Waals surface area (Å²) < 4.78 is 44.0. The van der Waals surface area contributed by atoms with Crippen molar-refractivity contribution in [2.75, 3.05) is 0 Å². The Labute approximate surface area is 169 Å². The third kappa shape index (κ3) is 4.19. The van der Waals surface area contributed by atoms with Crippen molar-refractivity contribution in [2.45, 2.75) is 26.4 Å². The van der Waals surface area contributed by atoms with Crippen LogP contribution in [0.15, 0.2) is 65.7 Å². The maximum absolute atomic E-state index is 12.9. The van der Waals surface area contributed by atoms with E-state index in [1.807, 2.05) is 13.0 Å². The SMILES string of the molecule is Cc1ccnn1CCn1ncc2ccc(-c3ccc(OC(F)(F)F)cc3)cc2c1=O. The Bertz CT molecular complexity index is 1240. The number of fused-ring (bicyclic) bond motifs is 1. The molecule has 6 nitrogen and oxygen atoms in total. The summed E-state index contributed by atoms with van der Waals surface area (Å²) in [5, 5.41) is 9.59. The second kappa shape index (κ2) is 7.66. The normalized spacial score (nSPS) is 11.7. The van der Waals surface area contributed by atoms with Crippen LogP contribution < -0.4 is 10.3 Å². The van der Waals surface area contributed by atoms with Crippen LogP contribution in [0.5, 0.6) is 5.75 Å². The van der Waals surface area contributed by atoms with Crippen LogP contribution in [0, 0.1) is 6.92 Å². The average Bonchev–Trinajstić information content (AvgIpc) is 3.11. The molecule has 0 radical (unpaired) electrons. The molecule has 0 saturated heterocycles. The molecule has 4 rings (SSSR count). The molecule has 2 aromatic carbocycles. The predicted octanol–water partition coefficient (Wildman–Crippen LogP) is 4.17. The van der Waals surface area contributed by atoms with Gasteiger partial charge in [0, 0.05) is 17.3 Å². The van der Waals surface area contributed by atoms with E-state index in [2.05, 4.69) is 14.9 Å². The highest BCUT2D eigenvalue weighted by Crippen LogP contribution is 2.27. The number of aromatic nitrogens is 4. The number of hydrogen-bond donors (Lipinski definition) is 0. The summed E-state index contributed by atoms with van der Waals surface area (Å²) in [4.78, 5) is 12.9. The molecular weight excluding hydrogens is 397 g/mol. The smallest absolute Gasteiger partial charge is 0.406 e. The number of benzene rings is 2. The van der Waals surface area contributed by atoms with Gasteiger partial charge in [-0.1, -0.05) is 24.3 Å². The Morgan fingerprint density at radius 2 is 1.63 bits per heavy atom. The lowest BCUT2D eigenvalue weighted by Gasteiger charge is -2.10. The van der Waals surface area contributed by atoms with E-state index in [1.165, 1.54) is 28.9 Å². The number of rotatable bonds is 5. The monoisotopic (exact) mass is 414 g/mol. The fraction of sp³-hybridized carbons (Fsp3) is 0.190. The summed E-state index contributed by atoms with van der Waals surface area (Å²) in [7, 11) is 0. The molecule has 0 spiro atoms. The van der Waals surface area contributed by atoms with Crippen molar-refractivity contribution >= 4 is 10.8 Å². The fourth-order valence-electron chi connectivity index (χ4n) is 3.19. The van der Waals surface area contributed by atoms with Crippen LogP contribution in [-0.4, -0.2) is 25.9 Å². The van der Waals surface area contributed by atoms with Gasteiger partial charge in [0.05, 0.1) is 24.7 Å². The van der Waals surface area contributed by atoms with Crippen LogP contribution in [0.1, 0.15) is 5.69 Å². The second-order valence-electron chi connectivity index (χ2n) is 6.74. The highest BCUT2D eigenvalue weighted by molar-refractivity contribution is 5.86. The molecule has 0 N–H and O–H groups in total. The molecule has 0 atom stereocenters. The molecule has 0 aliphatic carbocycles. The molecule has 154 valence electrons. The van der Waals surface area contributed by atoms with Gasteiger partial charge in [-0.05, 0) is 42.3 Å². The summed E-state index contributed by atoms with van der Waals surface area (Å²) in [5.41, 5.74) is 2.13. The molecule has 0 unspecified atom stereocenters. The van der Waals surface area contributed by atoms with Gasteiger partial charge in [0.2, 0.25) is 0 Å².